The van der Waals surface area contributed by atoms with E-state index in [0.29, 0.717) is 5.56 Å². The highest BCUT2D eigenvalue weighted by molar-refractivity contribution is 6.64. The highest BCUT2D eigenvalue weighted by Gasteiger charge is 2.38. The molecule has 0 aliphatic carbocycles. The van der Waals surface area contributed by atoms with Gasteiger partial charge in [-0.05, 0) is 17.2 Å². The van der Waals surface area contributed by atoms with Crippen LogP contribution in [0.5, 0.6) is 0 Å². The van der Waals surface area contributed by atoms with Crippen molar-refractivity contribution in [2.45, 2.75) is 12.7 Å². The standard InChI is InChI=1S/C9H7ClF2O2/c10-8(13)9(11,12)14-6-7-4-2-1-3-5-7/h1-5H,6H2. The molecule has 0 fully saturated rings. The van der Waals surface area contributed by atoms with Crippen LogP contribution in [0.1, 0.15) is 5.56 Å². The molecule has 0 aliphatic rings. The lowest BCUT2D eigenvalue weighted by molar-refractivity contribution is -0.227. The fourth-order valence-corrected chi connectivity index (χ4v) is 0.860. The molecule has 76 valence electrons. The zero-order valence-electron chi connectivity index (χ0n) is 7.04. The Kier molecular flexibility index (Phi) is 3.55. The lowest BCUT2D eigenvalue weighted by atomic mass is 10.2. The minimum Gasteiger partial charge on any atom is -0.308 e. The molecule has 0 unspecified atom stereocenters. The van der Waals surface area contributed by atoms with Crippen LogP contribution in [0.4, 0.5) is 8.78 Å². The van der Waals surface area contributed by atoms with E-state index < -0.39 is 11.4 Å². The number of hydrogen-bond donors (Lipinski definition) is 0. The monoisotopic (exact) mass is 220 g/mol. The molecule has 1 aromatic carbocycles. The Morgan fingerprint density at radius 2 is 1.93 bits per heavy atom. The Hall–Kier alpha value is -1.00. The van der Waals surface area contributed by atoms with Crippen LogP contribution in [0.15, 0.2) is 30.3 Å². The minimum atomic E-state index is -3.92. The highest BCUT2D eigenvalue weighted by atomic mass is 35.5. The Balaban J connectivity index is 2.53. The molecule has 1 rings (SSSR count). The summed E-state index contributed by atoms with van der Waals surface area (Å²) in [6, 6.07) is 8.32. The van der Waals surface area contributed by atoms with Gasteiger partial charge in [-0.3, -0.25) is 4.79 Å². The second-order valence-electron chi connectivity index (χ2n) is 2.56. The van der Waals surface area contributed by atoms with Gasteiger partial charge in [0.05, 0.1) is 6.61 Å². The van der Waals surface area contributed by atoms with Gasteiger partial charge in [0.15, 0.2) is 0 Å². The predicted octanol–water partition coefficient (Wildman–Crippen LogP) is 2.56. The van der Waals surface area contributed by atoms with E-state index in [2.05, 4.69) is 16.3 Å². The molecule has 0 aliphatic heterocycles. The summed E-state index contributed by atoms with van der Waals surface area (Å²) < 4.78 is 29.1. The Bertz CT molecular complexity index is 314. The van der Waals surface area contributed by atoms with E-state index in [4.69, 9.17) is 0 Å². The second kappa shape index (κ2) is 4.48. The summed E-state index contributed by atoms with van der Waals surface area (Å²) in [5.41, 5.74) is 0.546. The van der Waals surface area contributed by atoms with Crippen LogP contribution < -0.4 is 0 Å². The third-order valence-electron chi connectivity index (χ3n) is 1.49. The SMILES string of the molecule is O=C(Cl)C(F)(F)OCc1ccccc1. The number of alkyl halides is 2. The molecule has 5 heteroatoms. The molecule has 0 bridgehead atoms. The predicted molar refractivity (Wildman–Crippen MR) is 47.0 cm³/mol. The Labute approximate surface area is 84.4 Å². The Morgan fingerprint density at radius 1 is 1.36 bits per heavy atom. The zero-order valence-corrected chi connectivity index (χ0v) is 7.80. The molecule has 0 heterocycles. The van der Waals surface area contributed by atoms with Gasteiger partial charge in [-0.1, -0.05) is 30.3 Å². The average Bonchev–Trinajstić information content (AvgIpc) is 2.16. The van der Waals surface area contributed by atoms with Crippen molar-refractivity contribution in [3.8, 4) is 0 Å². The number of carbonyl (C=O) groups excluding carboxylic acids is 1. The molecule has 0 saturated heterocycles. The van der Waals surface area contributed by atoms with Crippen molar-refractivity contribution in [3.63, 3.8) is 0 Å². The minimum absolute atomic E-state index is 0.355. The van der Waals surface area contributed by atoms with Crippen molar-refractivity contribution in [1.82, 2.24) is 0 Å². The van der Waals surface area contributed by atoms with Crippen molar-refractivity contribution < 1.29 is 18.3 Å². The van der Waals surface area contributed by atoms with Crippen LogP contribution in [0.3, 0.4) is 0 Å². The molecule has 0 aromatic heterocycles. The van der Waals surface area contributed by atoms with Gasteiger partial charge < -0.3 is 4.74 Å². The van der Waals surface area contributed by atoms with E-state index >= 15 is 0 Å². The van der Waals surface area contributed by atoms with Crippen LogP contribution in [0.2, 0.25) is 0 Å². The van der Waals surface area contributed by atoms with Gasteiger partial charge in [0, 0.05) is 0 Å². The summed E-state index contributed by atoms with van der Waals surface area (Å²) in [4.78, 5) is 10.2. The summed E-state index contributed by atoms with van der Waals surface area (Å²) in [7, 11) is 0. The zero-order chi connectivity index (χ0) is 10.6. The lowest BCUT2D eigenvalue weighted by Crippen LogP contribution is -2.27. The number of benzene rings is 1. The fourth-order valence-electron chi connectivity index (χ4n) is 0.805. The summed E-state index contributed by atoms with van der Waals surface area (Å²) in [6.07, 6.45) is -3.92. The van der Waals surface area contributed by atoms with E-state index in [-0.39, 0.29) is 6.61 Å². The average molecular weight is 221 g/mol. The molecule has 14 heavy (non-hydrogen) atoms. The number of hydrogen-bond acceptors (Lipinski definition) is 2. The summed E-state index contributed by atoms with van der Waals surface area (Å²) in [5.74, 6) is 0. The maximum absolute atomic E-state index is 12.5. The summed E-state index contributed by atoms with van der Waals surface area (Å²) in [6.45, 7) is -0.355. The molecule has 0 N–H and O–H groups in total. The first kappa shape index (κ1) is 11.1. The largest absolute Gasteiger partial charge is 0.431 e. The van der Waals surface area contributed by atoms with Crippen molar-refractivity contribution in [1.29, 1.82) is 0 Å². The van der Waals surface area contributed by atoms with Gasteiger partial charge in [0.2, 0.25) is 0 Å². The van der Waals surface area contributed by atoms with E-state index in [9.17, 15) is 13.6 Å². The van der Waals surface area contributed by atoms with E-state index in [0.717, 1.165) is 0 Å². The van der Waals surface area contributed by atoms with Crippen LogP contribution in [-0.2, 0) is 16.1 Å². The summed E-state index contributed by atoms with van der Waals surface area (Å²) >= 11 is 4.62. The maximum Gasteiger partial charge on any atom is 0.431 e. The lowest BCUT2D eigenvalue weighted by Gasteiger charge is -2.11. The van der Waals surface area contributed by atoms with Crippen LogP contribution in [-0.4, -0.2) is 11.4 Å². The van der Waals surface area contributed by atoms with Gasteiger partial charge in [-0.15, -0.1) is 0 Å². The van der Waals surface area contributed by atoms with Gasteiger partial charge in [-0.2, -0.15) is 8.78 Å². The molecular formula is C9H7ClF2O2. The van der Waals surface area contributed by atoms with Crippen LogP contribution in [0, 0.1) is 0 Å². The normalized spacial score (nSPS) is 11.4. The third-order valence-corrected chi connectivity index (χ3v) is 1.71. The van der Waals surface area contributed by atoms with Crippen LogP contribution >= 0.6 is 11.6 Å². The quantitative estimate of drug-likeness (QED) is 0.729. The first-order chi connectivity index (χ1) is 6.52. The molecule has 1 aromatic rings. The molecule has 0 radical (unpaired) electrons. The number of ether oxygens (including phenoxy) is 1. The Morgan fingerprint density at radius 3 is 2.43 bits per heavy atom. The van der Waals surface area contributed by atoms with Crippen molar-refractivity contribution in [2.75, 3.05) is 0 Å². The number of carbonyl (C=O) groups is 1. The number of halogens is 3. The smallest absolute Gasteiger partial charge is 0.308 e. The highest BCUT2D eigenvalue weighted by Crippen LogP contribution is 2.20. The van der Waals surface area contributed by atoms with E-state index in [1.165, 1.54) is 0 Å². The van der Waals surface area contributed by atoms with E-state index in [1.807, 2.05) is 0 Å². The van der Waals surface area contributed by atoms with Gasteiger partial charge in [-0.25, -0.2) is 0 Å². The molecular weight excluding hydrogens is 214 g/mol. The topological polar surface area (TPSA) is 26.3 Å². The van der Waals surface area contributed by atoms with Crippen LogP contribution in [0.25, 0.3) is 0 Å². The van der Waals surface area contributed by atoms with E-state index in [1.54, 1.807) is 30.3 Å². The summed E-state index contributed by atoms with van der Waals surface area (Å²) in [5, 5.41) is -1.81. The van der Waals surface area contributed by atoms with Crippen molar-refractivity contribution >= 4 is 16.8 Å². The maximum atomic E-state index is 12.5. The van der Waals surface area contributed by atoms with Crippen molar-refractivity contribution in [2.24, 2.45) is 0 Å². The van der Waals surface area contributed by atoms with Gasteiger partial charge >= 0.3 is 11.4 Å². The van der Waals surface area contributed by atoms with Crippen molar-refractivity contribution in [3.05, 3.63) is 35.9 Å². The molecule has 0 atom stereocenters. The third kappa shape index (κ3) is 3.05. The second-order valence-corrected chi connectivity index (χ2v) is 2.91. The molecule has 0 amide bonds. The van der Waals surface area contributed by atoms with Gasteiger partial charge in [0.1, 0.15) is 0 Å². The molecule has 2 nitrogen and oxygen atoms in total. The number of rotatable bonds is 4. The van der Waals surface area contributed by atoms with Gasteiger partial charge in [0.25, 0.3) is 0 Å². The molecule has 0 saturated carbocycles. The fraction of sp³-hybridized carbons (Fsp3) is 0.222. The first-order valence-corrected chi connectivity index (χ1v) is 4.16. The molecule has 0 spiro atoms. The first-order valence-electron chi connectivity index (χ1n) is 3.78.